The van der Waals surface area contributed by atoms with Gasteiger partial charge in [0.2, 0.25) is 5.16 Å². The third-order valence-electron chi connectivity index (χ3n) is 1.99. The second-order valence-corrected chi connectivity index (χ2v) is 3.77. The lowest BCUT2D eigenvalue weighted by atomic mass is 10.2. The molecule has 6 nitrogen and oxygen atoms in total. The standard InChI is InChI=1S/C8H9N5OS/c1-4-6(5(2)14)10-11-7-9-8(15-3)12-13(4)7/h1-3H3. The quantitative estimate of drug-likeness (QED) is 0.552. The van der Waals surface area contributed by atoms with Crippen LogP contribution in [0.15, 0.2) is 5.16 Å². The molecule has 2 aromatic rings. The summed E-state index contributed by atoms with van der Waals surface area (Å²) in [4.78, 5) is 15.3. The minimum atomic E-state index is -0.122. The van der Waals surface area contributed by atoms with E-state index in [4.69, 9.17) is 0 Å². The van der Waals surface area contributed by atoms with Gasteiger partial charge in [0, 0.05) is 6.92 Å². The molecule has 15 heavy (non-hydrogen) atoms. The summed E-state index contributed by atoms with van der Waals surface area (Å²) in [6, 6.07) is 0. The first-order valence-corrected chi connectivity index (χ1v) is 5.51. The molecule has 0 aliphatic heterocycles. The van der Waals surface area contributed by atoms with Crippen LogP contribution in [0.25, 0.3) is 5.78 Å². The third-order valence-corrected chi connectivity index (χ3v) is 2.52. The van der Waals surface area contributed by atoms with E-state index in [-0.39, 0.29) is 5.78 Å². The minimum Gasteiger partial charge on any atom is -0.293 e. The van der Waals surface area contributed by atoms with Gasteiger partial charge >= 0.3 is 0 Å². The van der Waals surface area contributed by atoms with Crippen molar-refractivity contribution in [1.82, 2.24) is 24.8 Å². The molecule has 2 aromatic heterocycles. The number of nitrogens with zero attached hydrogens (tertiary/aromatic N) is 5. The smallest absolute Gasteiger partial charge is 0.272 e. The molecule has 0 unspecified atom stereocenters. The Morgan fingerprint density at radius 3 is 2.73 bits per heavy atom. The maximum atomic E-state index is 11.2. The van der Waals surface area contributed by atoms with Gasteiger partial charge in [-0.3, -0.25) is 4.79 Å². The molecule has 0 saturated carbocycles. The minimum absolute atomic E-state index is 0.122. The van der Waals surface area contributed by atoms with Crippen LogP contribution in [0.2, 0.25) is 0 Å². The lowest BCUT2D eigenvalue weighted by Crippen LogP contribution is -2.09. The number of aryl methyl sites for hydroxylation is 1. The van der Waals surface area contributed by atoms with Crippen molar-refractivity contribution >= 4 is 23.3 Å². The molecule has 0 amide bonds. The molecule has 2 heterocycles. The van der Waals surface area contributed by atoms with Crippen molar-refractivity contribution in [3.63, 3.8) is 0 Å². The molecule has 0 atom stereocenters. The normalized spacial score (nSPS) is 10.9. The number of carbonyl (C=O) groups is 1. The SMILES string of the molecule is CSc1nc2nnc(C(C)=O)c(C)n2n1. The molecule has 0 aliphatic rings. The van der Waals surface area contributed by atoms with Crippen LogP contribution in [0.3, 0.4) is 0 Å². The summed E-state index contributed by atoms with van der Waals surface area (Å²) in [5, 5.41) is 12.5. The van der Waals surface area contributed by atoms with Crippen molar-refractivity contribution in [2.24, 2.45) is 0 Å². The molecular weight excluding hydrogens is 214 g/mol. The molecule has 0 aromatic carbocycles. The fourth-order valence-electron chi connectivity index (χ4n) is 1.25. The van der Waals surface area contributed by atoms with E-state index in [1.807, 2.05) is 6.26 Å². The topological polar surface area (TPSA) is 73.0 Å². The third kappa shape index (κ3) is 1.58. The molecule has 0 bridgehead atoms. The zero-order chi connectivity index (χ0) is 11.0. The number of thioether (sulfide) groups is 1. The Bertz CT molecular complexity index is 535. The van der Waals surface area contributed by atoms with Gasteiger partial charge in [-0.15, -0.1) is 15.3 Å². The predicted octanol–water partition coefficient (Wildman–Crippen LogP) is 0.752. The van der Waals surface area contributed by atoms with Crippen LogP contribution >= 0.6 is 11.8 Å². The molecule has 0 fully saturated rings. The zero-order valence-corrected chi connectivity index (χ0v) is 9.37. The summed E-state index contributed by atoms with van der Waals surface area (Å²) in [5.41, 5.74) is 1.00. The maximum absolute atomic E-state index is 11.2. The van der Waals surface area contributed by atoms with Crippen LogP contribution in [0.5, 0.6) is 0 Å². The van der Waals surface area contributed by atoms with Crippen molar-refractivity contribution in [3.8, 4) is 0 Å². The van der Waals surface area contributed by atoms with E-state index in [2.05, 4.69) is 20.3 Å². The fourth-order valence-corrected chi connectivity index (χ4v) is 1.59. The van der Waals surface area contributed by atoms with E-state index in [1.165, 1.54) is 23.2 Å². The number of ketones is 1. The number of rotatable bonds is 2. The molecule has 7 heteroatoms. The van der Waals surface area contributed by atoms with E-state index >= 15 is 0 Å². The van der Waals surface area contributed by atoms with Crippen molar-refractivity contribution in [2.45, 2.75) is 19.0 Å². The van der Waals surface area contributed by atoms with Crippen LogP contribution in [0.1, 0.15) is 23.1 Å². The second kappa shape index (κ2) is 3.58. The lowest BCUT2D eigenvalue weighted by molar-refractivity contribution is 0.101. The van der Waals surface area contributed by atoms with Gasteiger partial charge in [0.1, 0.15) is 5.69 Å². The van der Waals surface area contributed by atoms with Crippen LogP contribution in [-0.2, 0) is 0 Å². The predicted molar refractivity (Wildman–Crippen MR) is 55.1 cm³/mol. The number of Topliss-reactive ketones (excluding diaryl/α,β-unsaturated/α-hetero) is 1. The molecule has 0 radical (unpaired) electrons. The molecular formula is C8H9N5OS. The molecule has 0 spiro atoms. The number of hydrogen-bond acceptors (Lipinski definition) is 6. The largest absolute Gasteiger partial charge is 0.293 e. The van der Waals surface area contributed by atoms with E-state index in [0.29, 0.717) is 22.3 Å². The maximum Gasteiger partial charge on any atom is 0.272 e. The number of hydrogen-bond donors (Lipinski definition) is 0. The van der Waals surface area contributed by atoms with Gasteiger partial charge in [0.05, 0.1) is 5.69 Å². The second-order valence-electron chi connectivity index (χ2n) is 3.00. The van der Waals surface area contributed by atoms with Crippen molar-refractivity contribution in [1.29, 1.82) is 0 Å². The molecule has 0 aliphatic carbocycles. The van der Waals surface area contributed by atoms with Crippen molar-refractivity contribution in [3.05, 3.63) is 11.4 Å². The van der Waals surface area contributed by atoms with E-state index < -0.39 is 0 Å². The van der Waals surface area contributed by atoms with Gasteiger partial charge in [-0.05, 0) is 13.2 Å². The van der Waals surface area contributed by atoms with E-state index in [0.717, 1.165) is 0 Å². The Hall–Kier alpha value is -1.50. The van der Waals surface area contributed by atoms with Crippen LogP contribution in [-0.4, -0.2) is 36.8 Å². The van der Waals surface area contributed by atoms with E-state index in [1.54, 1.807) is 6.92 Å². The Morgan fingerprint density at radius 2 is 2.13 bits per heavy atom. The number of fused-ring (bicyclic) bond motifs is 1. The molecule has 2 rings (SSSR count). The summed E-state index contributed by atoms with van der Waals surface area (Å²) in [6.07, 6.45) is 1.88. The summed E-state index contributed by atoms with van der Waals surface area (Å²) in [5.74, 6) is 0.296. The first-order chi connectivity index (χ1) is 7.13. The average molecular weight is 223 g/mol. The van der Waals surface area contributed by atoms with Gasteiger partial charge in [-0.2, -0.15) is 9.50 Å². The average Bonchev–Trinajstić information content (AvgIpc) is 2.61. The first kappa shape index (κ1) is 10.0. The summed E-state index contributed by atoms with van der Waals surface area (Å²) in [6.45, 7) is 3.23. The van der Waals surface area contributed by atoms with Gasteiger partial charge in [0.15, 0.2) is 5.78 Å². The van der Waals surface area contributed by atoms with Gasteiger partial charge in [-0.25, -0.2) is 0 Å². The van der Waals surface area contributed by atoms with Crippen LogP contribution in [0.4, 0.5) is 0 Å². The highest BCUT2D eigenvalue weighted by atomic mass is 32.2. The molecule has 78 valence electrons. The van der Waals surface area contributed by atoms with Gasteiger partial charge < -0.3 is 0 Å². The number of aromatic nitrogens is 5. The fraction of sp³-hybridized carbons (Fsp3) is 0.375. The summed E-state index contributed by atoms with van der Waals surface area (Å²) >= 11 is 1.42. The highest BCUT2D eigenvalue weighted by Crippen LogP contribution is 2.11. The summed E-state index contributed by atoms with van der Waals surface area (Å²) < 4.78 is 1.54. The zero-order valence-electron chi connectivity index (χ0n) is 8.55. The molecule has 0 N–H and O–H groups in total. The van der Waals surface area contributed by atoms with Crippen molar-refractivity contribution < 1.29 is 4.79 Å². The van der Waals surface area contributed by atoms with E-state index in [9.17, 15) is 4.79 Å². The van der Waals surface area contributed by atoms with Gasteiger partial charge in [-0.1, -0.05) is 11.8 Å². The summed E-state index contributed by atoms with van der Waals surface area (Å²) in [7, 11) is 0. The highest BCUT2D eigenvalue weighted by Gasteiger charge is 2.13. The molecule has 0 saturated heterocycles. The Balaban J connectivity index is 2.72. The van der Waals surface area contributed by atoms with Crippen LogP contribution < -0.4 is 0 Å². The Labute approximate surface area is 90.1 Å². The monoisotopic (exact) mass is 223 g/mol. The van der Waals surface area contributed by atoms with Gasteiger partial charge in [0.25, 0.3) is 5.78 Å². The van der Waals surface area contributed by atoms with Crippen LogP contribution in [0, 0.1) is 6.92 Å². The first-order valence-electron chi connectivity index (χ1n) is 4.28. The Morgan fingerprint density at radius 1 is 1.40 bits per heavy atom. The number of carbonyl (C=O) groups excluding carboxylic acids is 1. The lowest BCUT2D eigenvalue weighted by Gasteiger charge is -1.99. The Kier molecular flexibility index (Phi) is 2.39. The van der Waals surface area contributed by atoms with Crippen molar-refractivity contribution in [2.75, 3.05) is 6.26 Å². The highest BCUT2D eigenvalue weighted by molar-refractivity contribution is 7.98.